The number of hydrogen-bond acceptors (Lipinski definition) is 4. The molecule has 7 rings (SSSR count). The van der Waals surface area contributed by atoms with E-state index < -0.39 is 0 Å². The minimum Gasteiger partial charge on any atom is -0.469 e. The molecule has 5 aromatic rings. The van der Waals surface area contributed by atoms with Gasteiger partial charge in [0.25, 0.3) is 0 Å². The second kappa shape index (κ2) is 8.28. The van der Waals surface area contributed by atoms with E-state index >= 15 is 0 Å². The van der Waals surface area contributed by atoms with Crippen LogP contribution in [0.3, 0.4) is 0 Å². The number of nitrogens with zero attached hydrogens (tertiary/aromatic N) is 2. The Morgan fingerprint density at radius 2 is 1.46 bits per heavy atom. The van der Waals surface area contributed by atoms with Crippen molar-refractivity contribution in [2.45, 2.75) is 12.8 Å². The predicted molar refractivity (Wildman–Crippen MR) is 147 cm³/mol. The molecule has 0 bridgehead atoms. The Bertz CT molecular complexity index is 1510. The first kappa shape index (κ1) is 20.3. The van der Waals surface area contributed by atoms with Gasteiger partial charge in [-0.3, -0.25) is 0 Å². The van der Waals surface area contributed by atoms with Gasteiger partial charge in [0.15, 0.2) is 0 Å². The van der Waals surface area contributed by atoms with E-state index in [-0.39, 0.29) is 0 Å². The quantitative estimate of drug-likeness (QED) is 0.321. The third-order valence-corrected chi connectivity index (χ3v) is 7.02. The van der Waals surface area contributed by atoms with E-state index in [9.17, 15) is 0 Å². The molecule has 0 unspecified atom stereocenters. The lowest BCUT2D eigenvalue weighted by molar-refractivity contribution is 0.652. The molecule has 1 saturated heterocycles. The van der Waals surface area contributed by atoms with E-state index in [1.165, 1.54) is 18.5 Å². The summed E-state index contributed by atoms with van der Waals surface area (Å²) in [6.07, 6.45) is 2.48. The summed E-state index contributed by atoms with van der Waals surface area (Å²) >= 11 is 0. The average molecular weight is 454 g/mol. The maximum Gasteiger partial charge on any atom is 0.249 e. The first-order chi connectivity index (χ1) is 17.3. The summed E-state index contributed by atoms with van der Waals surface area (Å²) in [5, 5.41) is 4.83. The van der Waals surface area contributed by atoms with Crippen molar-refractivity contribution in [2.75, 3.05) is 28.2 Å². The minimum atomic E-state index is 0.882. The van der Waals surface area contributed by atoms with Crippen LogP contribution in [-0.2, 0) is 0 Å². The monoisotopic (exact) mass is 454 g/mol. The summed E-state index contributed by atoms with van der Waals surface area (Å²) in [7, 11) is 2.20. The lowest BCUT2D eigenvalue weighted by atomic mass is 9.63. The van der Waals surface area contributed by atoms with Crippen molar-refractivity contribution < 1.29 is 4.42 Å². The van der Waals surface area contributed by atoms with E-state index in [1.54, 1.807) is 0 Å². The largest absolute Gasteiger partial charge is 0.469 e. The van der Waals surface area contributed by atoms with Gasteiger partial charge in [-0.25, -0.2) is 0 Å². The van der Waals surface area contributed by atoms with Crippen molar-refractivity contribution in [1.82, 2.24) is 0 Å². The van der Waals surface area contributed by atoms with Crippen LogP contribution in [0.2, 0.25) is 0 Å². The van der Waals surface area contributed by atoms with Gasteiger partial charge in [-0.1, -0.05) is 48.5 Å². The maximum absolute atomic E-state index is 6.40. The van der Waals surface area contributed by atoms with Crippen LogP contribution in [-0.4, -0.2) is 20.4 Å². The summed E-state index contributed by atoms with van der Waals surface area (Å²) < 4.78 is 6.40. The lowest BCUT2D eigenvalue weighted by Crippen LogP contribution is -2.40. The summed E-state index contributed by atoms with van der Waals surface area (Å²) in [5.41, 5.74) is 9.72. The van der Waals surface area contributed by atoms with Gasteiger partial charge in [-0.05, 0) is 66.8 Å². The van der Waals surface area contributed by atoms with E-state index in [4.69, 9.17) is 4.42 Å². The van der Waals surface area contributed by atoms with Crippen LogP contribution in [0.1, 0.15) is 12.8 Å². The molecule has 2 aliphatic rings. The molecule has 0 spiro atoms. The molecule has 3 heterocycles. The number of benzene rings is 4. The van der Waals surface area contributed by atoms with Crippen molar-refractivity contribution in [3.63, 3.8) is 0 Å². The highest BCUT2D eigenvalue weighted by Crippen LogP contribution is 2.42. The smallest absolute Gasteiger partial charge is 0.249 e. The minimum absolute atomic E-state index is 0.882. The topological polar surface area (TPSA) is 31.7 Å². The normalized spacial score (nSPS) is 14.5. The Balaban J connectivity index is 1.48. The Labute approximate surface area is 206 Å². The Hall–Kier alpha value is -4.12. The molecule has 5 heteroatoms. The van der Waals surface area contributed by atoms with Gasteiger partial charge in [0.05, 0.1) is 11.3 Å². The van der Waals surface area contributed by atoms with E-state index in [1.807, 2.05) is 18.2 Å². The zero-order valence-electron chi connectivity index (χ0n) is 19.4. The van der Waals surface area contributed by atoms with Crippen molar-refractivity contribution in [3.8, 4) is 0 Å². The molecule has 0 aliphatic carbocycles. The first-order valence-corrected chi connectivity index (χ1v) is 12.3. The molecule has 1 radical (unpaired) electrons. The third kappa shape index (κ3) is 3.47. The molecule has 35 heavy (non-hydrogen) atoms. The first-order valence-electron chi connectivity index (χ1n) is 12.3. The summed E-state index contributed by atoms with van der Waals surface area (Å²) in [6, 6.07) is 34.0. The third-order valence-electron chi connectivity index (χ3n) is 7.02. The van der Waals surface area contributed by atoms with E-state index in [0.29, 0.717) is 0 Å². The van der Waals surface area contributed by atoms with E-state index in [2.05, 4.69) is 101 Å². The molecule has 169 valence electrons. The molecule has 0 saturated carbocycles. The van der Waals surface area contributed by atoms with E-state index in [0.717, 1.165) is 63.6 Å². The van der Waals surface area contributed by atoms with Gasteiger partial charge in [0.2, 0.25) is 7.28 Å². The van der Waals surface area contributed by atoms with Gasteiger partial charge in [0.1, 0.15) is 5.58 Å². The Morgan fingerprint density at radius 1 is 0.743 bits per heavy atom. The fourth-order valence-corrected chi connectivity index (χ4v) is 5.37. The van der Waals surface area contributed by atoms with Gasteiger partial charge in [-0.2, -0.15) is 0 Å². The van der Waals surface area contributed by atoms with Crippen LogP contribution in [0.5, 0.6) is 0 Å². The number of para-hydroxylation sites is 3. The number of furan rings is 1. The zero-order valence-corrected chi connectivity index (χ0v) is 19.4. The SMILES string of the molecule is [B]1c2oc3ccccc3c2N(c2ccccc2)c2cc(N3CCCC3)cc(Nc3ccccc3)c21. The molecule has 1 fully saturated rings. The molecule has 2 aliphatic heterocycles. The fourth-order valence-electron chi connectivity index (χ4n) is 5.37. The van der Waals surface area contributed by atoms with Crippen molar-refractivity contribution in [1.29, 1.82) is 0 Å². The Kier molecular flexibility index (Phi) is 4.79. The average Bonchev–Trinajstić information content (AvgIpc) is 3.57. The van der Waals surface area contributed by atoms with Crippen LogP contribution in [0.15, 0.2) is 101 Å². The van der Waals surface area contributed by atoms with Crippen molar-refractivity contribution in [2.24, 2.45) is 0 Å². The van der Waals surface area contributed by atoms with Gasteiger partial charge >= 0.3 is 0 Å². The second-order valence-electron chi connectivity index (χ2n) is 9.24. The molecular weight excluding hydrogens is 429 g/mol. The number of fused-ring (bicyclic) bond motifs is 4. The second-order valence-corrected chi connectivity index (χ2v) is 9.24. The standard InChI is InChI=1S/C30H25BN3O/c1-3-11-21(12-4-1)32-25-19-23(33-17-9-10-18-33)20-26-28(25)31-30-29(24-15-7-8-16-27(24)35-30)34(26)22-13-5-2-6-14-22/h1-8,11-16,19-20,32H,9-10,17-18H2. The highest BCUT2D eigenvalue weighted by Gasteiger charge is 2.33. The summed E-state index contributed by atoms with van der Waals surface area (Å²) in [4.78, 5) is 4.87. The van der Waals surface area contributed by atoms with Gasteiger partial charge < -0.3 is 19.5 Å². The highest BCUT2D eigenvalue weighted by atomic mass is 16.3. The number of anilines is 6. The molecule has 1 aromatic heterocycles. The van der Waals surface area contributed by atoms with Gasteiger partial charge in [-0.15, -0.1) is 0 Å². The molecule has 4 nitrogen and oxygen atoms in total. The number of nitrogens with one attached hydrogen (secondary N) is 1. The maximum atomic E-state index is 6.40. The zero-order chi connectivity index (χ0) is 23.2. The predicted octanol–water partition coefficient (Wildman–Crippen LogP) is 6.21. The van der Waals surface area contributed by atoms with Crippen LogP contribution in [0, 0.1) is 0 Å². The van der Waals surface area contributed by atoms with Crippen molar-refractivity contribution in [3.05, 3.63) is 97.1 Å². The lowest BCUT2D eigenvalue weighted by Gasteiger charge is -2.34. The number of hydrogen-bond donors (Lipinski definition) is 1. The molecular formula is C30H25BN3O. The highest BCUT2D eigenvalue weighted by molar-refractivity contribution is 6.73. The fraction of sp³-hybridized carbons (Fsp3) is 0.133. The van der Waals surface area contributed by atoms with Crippen molar-refractivity contribution >= 4 is 63.5 Å². The van der Waals surface area contributed by atoms with Crippen LogP contribution in [0.25, 0.3) is 11.0 Å². The molecule has 0 atom stereocenters. The van der Waals surface area contributed by atoms with Crippen LogP contribution in [0.4, 0.5) is 34.1 Å². The molecule has 0 amide bonds. The summed E-state index contributed by atoms with van der Waals surface area (Å²) in [6.45, 7) is 2.19. The Morgan fingerprint density at radius 3 is 2.26 bits per heavy atom. The molecule has 4 aromatic carbocycles. The summed E-state index contributed by atoms with van der Waals surface area (Å²) in [5.74, 6) is 0. The van der Waals surface area contributed by atoms with Crippen LogP contribution < -0.4 is 26.2 Å². The van der Waals surface area contributed by atoms with Crippen LogP contribution >= 0.6 is 0 Å². The number of rotatable bonds is 4. The van der Waals surface area contributed by atoms with Gasteiger partial charge in [0, 0.05) is 46.9 Å². The molecule has 1 N–H and O–H groups in total.